The van der Waals surface area contributed by atoms with Crippen LogP contribution in [0, 0.1) is 3.95 Å². The highest BCUT2D eigenvalue weighted by Gasteiger charge is 2.25. The number of carbonyl (C=O) groups excluding carboxylic acids is 1. The number of nitrogens with zero attached hydrogens (tertiary/aromatic N) is 2. The fourth-order valence-electron chi connectivity index (χ4n) is 2.63. The summed E-state index contributed by atoms with van der Waals surface area (Å²) >= 11 is 12.5. The van der Waals surface area contributed by atoms with Gasteiger partial charge in [-0.05, 0) is 42.5 Å². The third-order valence-electron chi connectivity index (χ3n) is 3.71. The molecule has 2 heterocycles. The molecule has 0 aliphatic carbocycles. The number of thiazole rings is 1. The number of aromatic hydroxyl groups is 1. The quantitative estimate of drug-likeness (QED) is 0.703. The Balaban J connectivity index is 1.99. The molecule has 0 fully saturated rings. The standard InChI is InChI=1S/C17H9ClN2O2S2/c18-9-5-7-10(8-6-9)20-16(22)14(24-17(20)23)13-11-3-1-2-4-12(11)19-15(13)21/h1-8,22H. The van der Waals surface area contributed by atoms with E-state index in [4.69, 9.17) is 23.8 Å². The lowest BCUT2D eigenvalue weighted by atomic mass is 10.1. The Morgan fingerprint density at radius 1 is 1.12 bits per heavy atom. The van der Waals surface area contributed by atoms with E-state index in [-0.39, 0.29) is 11.8 Å². The highest BCUT2D eigenvalue weighted by Crippen LogP contribution is 2.35. The normalized spacial score (nSPS) is 13.0. The number of carbonyl (C=O) groups is 1. The van der Waals surface area contributed by atoms with E-state index in [9.17, 15) is 9.90 Å². The van der Waals surface area contributed by atoms with Crippen LogP contribution in [-0.4, -0.2) is 15.6 Å². The van der Waals surface area contributed by atoms with Gasteiger partial charge in [0.2, 0.25) is 5.88 Å². The van der Waals surface area contributed by atoms with E-state index in [2.05, 4.69) is 4.99 Å². The van der Waals surface area contributed by atoms with Crippen LogP contribution in [0.25, 0.3) is 11.3 Å². The second kappa shape index (κ2) is 5.66. The average Bonchev–Trinajstić information content (AvgIpc) is 3.04. The second-order valence-corrected chi connectivity index (χ2v) is 7.22. The van der Waals surface area contributed by atoms with Gasteiger partial charge in [-0.15, -0.1) is 11.3 Å². The maximum Gasteiger partial charge on any atom is 0.279 e. The summed E-state index contributed by atoms with van der Waals surface area (Å²) in [4.78, 5) is 16.8. The number of halogens is 1. The predicted molar refractivity (Wildman–Crippen MR) is 95.9 cm³/mol. The molecule has 1 aliphatic rings. The molecule has 0 unspecified atom stereocenters. The van der Waals surface area contributed by atoms with Gasteiger partial charge in [0.05, 0.1) is 16.6 Å². The number of rotatable bonds is 2. The van der Waals surface area contributed by atoms with Gasteiger partial charge >= 0.3 is 0 Å². The highest BCUT2D eigenvalue weighted by atomic mass is 35.5. The molecule has 7 heteroatoms. The van der Waals surface area contributed by atoms with Crippen molar-refractivity contribution in [3.63, 3.8) is 0 Å². The van der Waals surface area contributed by atoms with Crippen molar-refractivity contribution in [1.29, 1.82) is 0 Å². The van der Waals surface area contributed by atoms with Crippen LogP contribution in [0.3, 0.4) is 0 Å². The Kier molecular flexibility index (Phi) is 3.60. The fraction of sp³-hybridized carbons (Fsp3) is 0. The summed E-state index contributed by atoms with van der Waals surface area (Å²) < 4.78 is 1.96. The number of amides is 1. The van der Waals surface area contributed by atoms with Crippen LogP contribution in [0.2, 0.25) is 5.02 Å². The van der Waals surface area contributed by atoms with Crippen LogP contribution in [0.1, 0.15) is 4.88 Å². The highest BCUT2D eigenvalue weighted by molar-refractivity contribution is 7.73. The number of benzene rings is 2. The van der Waals surface area contributed by atoms with Crippen molar-refractivity contribution in [3.05, 3.63) is 73.0 Å². The Labute approximate surface area is 150 Å². The molecule has 0 atom stereocenters. The minimum Gasteiger partial charge on any atom is -0.493 e. The fourth-order valence-corrected chi connectivity index (χ4v) is 4.14. The van der Waals surface area contributed by atoms with Crippen molar-refractivity contribution in [1.82, 2.24) is 4.57 Å². The summed E-state index contributed by atoms with van der Waals surface area (Å²) in [5.41, 5.74) is 1.06. The van der Waals surface area contributed by atoms with Crippen LogP contribution in [0.15, 0.2) is 53.5 Å². The summed E-state index contributed by atoms with van der Waals surface area (Å²) in [5.74, 6) is -0.436. The predicted octanol–water partition coefficient (Wildman–Crippen LogP) is 2.99. The number of hydrogen-bond acceptors (Lipinski definition) is 4. The molecule has 1 amide bonds. The molecular formula is C17H9ClN2O2S2. The molecule has 24 heavy (non-hydrogen) atoms. The topological polar surface area (TPSA) is 54.6 Å². The SMILES string of the molecule is O=C1N=c2ccccc2=C1c1sc(=S)n(-c2ccc(Cl)cc2)c1O. The first-order valence-corrected chi connectivity index (χ1v) is 8.60. The Hall–Kier alpha value is -2.28. The summed E-state index contributed by atoms with van der Waals surface area (Å²) in [6.07, 6.45) is 0. The van der Waals surface area contributed by atoms with Crippen molar-refractivity contribution >= 4 is 46.6 Å². The van der Waals surface area contributed by atoms with Crippen molar-refractivity contribution in [2.45, 2.75) is 0 Å². The molecule has 4 nitrogen and oxygen atoms in total. The van der Waals surface area contributed by atoms with Gasteiger partial charge in [0, 0.05) is 10.2 Å². The maximum atomic E-state index is 12.3. The van der Waals surface area contributed by atoms with Crippen LogP contribution in [0.4, 0.5) is 0 Å². The smallest absolute Gasteiger partial charge is 0.279 e. The second-order valence-electron chi connectivity index (χ2n) is 5.14. The molecule has 118 valence electrons. The average molecular weight is 373 g/mol. The van der Waals surface area contributed by atoms with Gasteiger partial charge in [0.25, 0.3) is 5.91 Å². The van der Waals surface area contributed by atoms with E-state index in [1.54, 1.807) is 30.3 Å². The zero-order valence-electron chi connectivity index (χ0n) is 12.1. The van der Waals surface area contributed by atoms with Crippen molar-refractivity contribution in [2.24, 2.45) is 4.99 Å². The molecular weight excluding hydrogens is 364 g/mol. The van der Waals surface area contributed by atoms with Gasteiger partial charge in [0.1, 0.15) is 4.88 Å². The molecule has 1 aliphatic heterocycles. The molecule has 0 radical (unpaired) electrons. The zero-order chi connectivity index (χ0) is 16.8. The van der Waals surface area contributed by atoms with Crippen LogP contribution in [0.5, 0.6) is 5.88 Å². The van der Waals surface area contributed by atoms with Crippen molar-refractivity contribution in [3.8, 4) is 11.6 Å². The first-order valence-electron chi connectivity index (χ1n) is 7.00. The van der Waals surface area contributed by atoms with Gasteiger partial charge in [0.15, 0.2) is 3.95 Å². The van der Waals surface area contributed by atoms with Gasteiger partial charge in [-0.2, -0.15) is 0 Å². The Bertz CT molecular complexity index is 1160. The monoisotopic (exact) mass is 372 g/mol. The lowest BCUT2D eigenvalue weighted by molar-refractivity contribution is -0.112. The van der Waals surface area contributed by atoms with Crippen LogP contribution < -0.4 is 10.6 Å². The van der Waals surface area contributed by atoms with Gasteiger partial charge in [-0.3, -0.25) is 9.36 Å². The lowest BCUT2D eigenvalue weighted by Crippen LogP contribution is -2.22. The molecule has 4 rings (SSSR count). The van der Waals surface area contributed by atoms with Crippen molar-refractivity contribution in [2.75, 3.05) is 0 Å². The number of hydrogen-bond donors (Lipinski definition) is 1. The van der Waals surface area contributed by atoms with E-state index >= 15 is 0 Å². The van der Waals surface area contributed by atoms with Gasteiger partial charge in [-0.25, -0.2) is 4.99 Å². The third kappa shape index (κ3) is 2.31. The minimum absolute atomic E-state index is 0.0671. The van der Waals surface area contributed by atoms with Gasteiger partial charge < -0.3 is 5.11 Å². The molecule has 3 aromatic rings. The Morgan fingerprint density at radius 3 is 2.58 bits per heavy atom. The summed E-state index contributed by atoms with van der Waals surface area (Å²) in [6.45, 7) is 0. The lowest BCUT2D eigenvalue weighted by Gasteiger charge is -2.05. The minimum atomic E-state index is -0.369. The summed E-state index contributed by atoms with van der Waals surface area (Å²) in [6, 6.07) is 14.2. The molecule has 0 spiro atoms. The zero-order valence-corrected chi connectivity index (χ0v) is 14.5. The molecule has 2 aromatic carbocycles. The van der Waals surface area contributed by atoms with E-state index in [1.165, 1.54) is 15.9 Å². The molecule has 0 saturated heterocycles. The molecule has 0 saturated carbocycles. The molecule has 1 N–H and O–H groups in total. The first kappa shape index (κ1) is 15.3. The summed E-state index contributed by atoms with van der Waals surface area (Å²) in [5, 5.41) is 12.6. The van der Waals surface area contributed by atoms with E-state index < -0.39 is 0 Å². The summed E-state index contributed by atoms with van der Waals surface area (Å²) in [7, 11) is 0. The van der Waals surface area contributed by atoms with E-state index in [0.29, 0.717) is 35.7 Å². The Morgan fingerprint density at radius 2 is 1.83 bits per heavy atom. The number of para-hydroxylation sites is 1. The van der Waals surface area contributed by atoms with E-state index in [1.807, 2.05) is 18.2 Å². The number of fused-ring (bicyclic) bond motifs is 1. The maximum absolute atomic E-state index is 12.3. The van der Waals surface area contributed by atoms with Crippen molar-refractivity contribution < 1.29 is 9.90 Å². The third-order valence-corrected chi connectivity index (χ3v) is 5.34. The molecule has 0 bridgehead atoms. The van der Waals surface area contributed by atoms with Crippen LogP contribution >= 0.6 is 35.2 Å². The first-order chi connectivity index (χ1) is 11.6. The largest absolute Gasteiger partial charge is 0.493 e. The molecule has 1 aromatic heterocycles. The van der Waals surface area contributed by atoms with E-state index in [0.717, 1.165) is 0 Å². The van der Waals surface area contributed by atoms with Crippen LogP contribution in [-0.2, 0) is 4.79 Å². The number of aromatic nitrogens is 1. The van der Waals surface area contributed by atoms with Gasteiger partial charge in [-0.1, -0.05) is 29.8 Å².